The molecular formula is C26H24F3NO6S. The van der Waals surface area contributed by atoms with Gasteiger partial charge in [-0.15, -0.1) is 0 Å². The first-order valence-corrected chi connectivity index (χ1v) is 12.7. The predicted octanol–water partition coefficient (Wildman–Crippen LogP) is 5.10. The summed E-state index contributed by atoms with van der Waals surface area (Å²) in [6, 6.07) is 16.9. The van der Waals surface area contributed by atoms with Gasteiger partial charge in [0.25, 0.3) is 0 Å². The van der Waals surface area contributed by atoms with Crippen molar-refractivity contribution in [3.8, 4) is 11.5 Å². The number of alkyl halides is 3. The van der Waals surface area contributed by atoms with Crippen molar-refractivity contribution >= 4 is 21.7 Å². The van der Waals surface area contributed by atoms with Crippen molar-refractivity contribution in [2.24, 2.45) is 0 Å². The number of halogens is 3. The first-order valence-electron chi connectivity index (χ1n) is 11.2. The molecule has 0 fully saturated rings. The second kappa shape index (κ2) is 11.5. The van der Waals surface area contributed by atoms with E-state index in [4.69, 9.17) is 9.47 Å². The quantitative estimate of drug-likeness (QED) is 0.383. The van der Waals surface area contributed by atoms with Crippen molar-refractivity contribution in [2.75, 3.05) is 6.61 Å². The number of esters is 1. The van der Waals surface area contributed by atoms with Crippen LogP contribution in [0.1, 0.15) is 29.8 Å². The van der Waals surface area contributed by atoms with E-state index in [1.807, 2.05) is 5.32 Å². The largest absolute Gasteiger partial charge is 0.471 e. The van der Waals surface area contributed by atoms with Crippen molar-refractivity contribution in [2.45, 2.75) is 42.3 Å². The minimum atomic E-state index is -4.98. The molecular weight excluding hydrogens is 511 g/mol. The SMILES string of the molecule is CCOC(=O)c1cccc(Oc2cccc(S(=O)(=O)c3ccc(C[C@@H](C)NC(=O)C(F)(F)F)cc3)c2)c1. The summed E-state index contributed by atoms with van der Waals surface area (Å²) in [5.41, 5.74) is 0.836. The predicted molar refractivity (Wildman–Crippen MR) is 128 cm³/mol. The van der Waals surface area contributed by atoms with Crippen LogP contribution in [-0.4, -0.2) is 39.1 Å². The average molecular weight is 536 g/mol. The van der Waals surface area contributed by atoms with Crippen LogP contribution in [0.4, 0.5) is 13.2 Å². The fourth-order valence-corrected chi connectivity index (χ4v) is 4.69. The van der Waals surface area contributed by atoms with Gasteiger partial charge in [0.05, 0.1) is 22.0 Å². The lowest BCUT2D eigenvalue weighted by Gasteiger charge is -2.15. The molecule has 0 saturated heterocycles. The van der Waals surface area contributed by atoms with Gasteiger partial charge in [-0.25, -0.2) is 13.2 Å². The standard InChI is InChI=1S/C26H24F3NO6S/c1-3-35-24(31)19-6-4-7-20(15-19)36-21-8-5-9-23(16-21)37(33,34)22-12-10-18(11-13-22)14-17(2)30-25(32)26(27,28)29/h4-13,15-17H,3,14H2,1-2H3,(H,30,32)/t17-/m1/s1. The van der Waals surface area contributed by atoms with E-state index in [0.29, 0.717) is 11.3 Å². The molecule has 1 N–H and O–H groups in total. The number of nitrogens with one attached hydrogen (secondary N) is 1. The summed E-state index contributed by atoms with van der Waals surface area (Å²) in [6.45, 7) is 3.33. The topological polar surface area (TPSA) is 98.8 Å². The van der Waals surface area contributed by atoms with Gasteiger partial charge in [0.15, 0.2) is 0 Å². The molecule has 1 atom stereocenters. The molecule has 0 aromatic heterocycles. The molecule has 0 aliphatic carbocycles. The van der Waals surface area contributed by atoms with E-state index in [1.54, 1.807) is 31.2 Å². The minimum absolute atomic E-state index is 0.0234. The van der Waals surface area contributed by atoms with Crippen LogP contribution in [0.2, 0.25) is 0 Å². The maximum atomic E-state index is 13.1. The number of carbonyl (C=O) groups is 2. The van der Waals surface area contributed by atoms with E-state index in [2.05, 4.69) is 0 Å². The zero-order valence-electron chi connectivity index (χ0n) is 19.9. The van der Waals surface area contributed by atoms with Crippen LogP contribution in [0.15, 0.2) is 82.6 Å². The highest BCUT2D eigenvalue weighted by atomic mass is 32.2. The van der Waals surface area contributed by atoms with Gasteiger partial charge >= 0.3 is 18.1 Å². The molecule has 0 aliphatic rings. The Morgan fingerprint density at radius 2 is 1.54 bits per heavy atom. The van der Waals surface area contributed by atoms with Gasteiger partial charge in [-0.3, -0.25) is 4.79 Å². The lowest BCUT2D eigenvalue weighted by molar-refractivity contribution is -0.174. The van der Waals surface area contributed by atoms with Crippen LogP contribution >= 0.6 is 0 Å². The first kappa shape index (κ1) is 27.7. The number of hydrogen-bond donors (Lipinski definition) is 1. The molecule has 0 aliphatic heterocycles. The van der Waals surface area contributed by atoms with E-state index in [9.17, 15) is 31.2 Å². The van der Waals surface area contributed by atoms with Crippen molar-refractivity contribution in [1.82, 2.24) is 5.32 Å². The first-order chi connectivity index (χ1) is 17.4. The summed E-state index contributed by atoms with van der Waals surface area (Å²) in [5.74, 6) is -2.00. The molecule has 3 rings (SSSR count). The number of ether oxygens (including phenoxy) is 2. The van der Waals surface area contributed by atoms with Crippen LogP contribution in [-0.2, 0) is 25.8 Å². The highest BCUT2D eigenvalue weighted by Gasteiger charge is 2.39. The number of carbonyl (C=O) groups excluding carboxylic acids is 2. The van der Waals surface area contributed by atoms with E-state index in [0.717, 1.165) is 0 Å². The van der Waals surface area contributed by atoms with Gasteiger partial charge in [0, 0.05) is 6.04 Å². The van der Waals surface area contributed by atoms with E-state index in [1.165, 1.54) is 55.5 Å². The number of rotatable bonds is 9. The molecule has 0 heterocycles. The Bertz CT molecular complexity index is 1370. The Kier molecular flexibility index (Phi) is 8.59. The van der Waals surface area contributed by atoms with Crippen molar-refractivity contribution in [3.05, 3.63) is 83.9 Å². The van der Waals surface area contributed by atoms with Gasteiger partial charge in [-0.2, -0.15) is 13.2 Å². The summed E-state index contributed by atoms with van der Waals surface area (Å²) in [5, 5.41) is 1.86. The molecule has 0 radical (unpaired) electrons. The molecule has 196 valence electrons. The average Bonchev–Trinajstić information content (AvgIpc) is 2.84. The van der Waals surface area contributed by atoms with E-state index in [-0.39, 0.29) is 34.1 Å². The number of benzene rings is 3. The lowest BCUT2D eigenvalue weighted by atomic mass is 10.1. The van der Waals surface area contributed by atoms with Gasteiger partial charge in [0.1, 0.15) is 11.5 Å². The molecule has 1 amide bonds. The molecule has 7 nitrogen and oxygen atoms in total. The summed E-state index contributed by atoms with van der Waals surface area (Å²) in [4.78, 5) is 23.0. The van der Waals surface area contributed by atoms with Crippen LogP contribution in [0, 0.1) is 0 Å². The van der Waals surface area contributed by atoms with Crippen LogP contribution in [0.25, 0.3) is 0 Å². The molecule has 11 heteroatoms. The zero-order valence-corrected chi connectivity index (χ0v) is 20.7. The molecule has 0 saturated carbocycles. The Balaban J connectivity index is 1.73. The number of amides is 1. The molecule has 3 aromatic carbocycles. The maximum Gasteiger partial charge on any atom is 0.471 e. The maximum absolute atomic E-state index is 13.1. The summed E-state index contributed by atoms with van der Waals surface area (Å²) < 4.78 is 74.3. The number of sulfone groups is 1. The molecule has 0 unspecified atom stereocenters. The van der Waals surface area contributed by atoms with Crippen molar-refractivity contribution in [3.63, 3.8) is 0 Å². The van der Waals surface area contributed by atoms with E-state index >= 15 is 0 Å². The Hall–Kier alpha value is -3.86. The number of hydrogen-bond acceptors (Lipinski definition) is 6. The Morgan fingerprint density at radius 3 is 2.16 bits per heavy atom. The molecule has 37 heavy (non-hydrogen) atoms. The van der Waals surface area contributed by atoms with Gasteiger partial charge in [-0.1, -0.05) is 24.3 Å². The normalized spacial score (nSPS) is 12.5. The second-order valence-corrected chi connectivity index (χ2v) is 10.00. The monoisotopic (exact) mass is 535 g/mol. The third kappa shape index (κ3) is 7.32. The summed E-state index contributed by atoms with van der Waals surface area (Å²) >= 11 is 0. The van der Waals surface area contributed by atoms with Crippen LogP contribution in [0.5, 0.6) is 11.5 Å². The summed E-state index contributed by atoms with van der Waals surface area (Å²) in [7, 11) is -3.94. The fraction of sp³-hybridized carbons (Fsp3) is 0.231. The van der Waals surface area contributed by atoms with Crippen molar-refractivity contribution in [1.29, 1.82) is 0 Å². The van der Waals surface area contributed by atoms with Crippen LogP contribution in [0.3, 0.4) is 0 Å². The minimum Gasteiger partial charge on any atom is -0.462 e. The molecule has 0 spiro atoms. The van der Waals surface area contributed by atoms with E-state index < -0.39 is 33.9 Å². The smallest absolute Gasteiger partial charge is 0.462 e. The Labute approximate surface area is 212 Å². The zero-order chi connectivity index (χ0) is 27.2. The van der Waals surface area contributed by atoms with Gasteiger partial charge in [-0.05, 0) is 74.4 Å². The molecule has 3 aromatic rings. The third-order valence-corrected chi connectivity index (χ3v) is 6.87. The highest BCUT2D eigenvalue weighted by molar-refractivity contribution is 7.91. The molecule has 0 bridgehead atoms. The second-order valence-electron chi connectivity index (χ2n) is 8.05. The lowest BCUT2D eigenvalue weighted by Crippen LogP contribution is -2.42. The third-order valence-electron chi connectivity index (χ3n) is 5.11. The van der Waals surface area contributed by atoms with Crippen molar-refractivity contribution < 1.29 is 40.7 Å². The Morgan fingerprint density at radius 1 is 0.919 bits per heavy atom. The highest BCUT2D eigenvalue weighted by Crippen LogP contribution is 2.28. The van der Waals surface area contributed by atoms with Gasteiger partial charge in [0.2, 0.25) is 9.84 Å². The fourth-order valence-electron chi connectivity index (χ4n) is 3.39. The van der Waals surface area contributed by atoms with Crippen LogP contribution < -0.4 is 10.1 Å². The summed E-state index contributed by atoms with van der Waals surface area (Å²) in [6.07, 6.45) is -4.90. The van der Waals surface area contributed by atoms with Gasteiger partial charge < -0.3 is 14.8 Å².